The Kier molecular flexibility index (Phi) is 6.86. The average Bonchev–Trinajstić information content (AvgIpc) is 3.14. The number of thiazole rings is 1. The Morgan fingerprint density at radius 3 is 2.39 bits per heavy atom. The quantitative estimate of drug-likeness (QED) is 0.597. The molecule has 0 unspecified atom stereocenters. The third-order valence-electron chi connectivity index (χ3n) is 4.10. The van der Waals surface area contributed by atoms with Crippen molar-refractivity contribution in [1.82, 2.24) is 14.9 Å². The molecule has 0 saturated carbocycles. The van der Waals surface area contributed by atoms with Gasteiger partial charge in [0, 0.05) is 35.6 Å². The van der Waals surface area contributed by atoms with Gasteiger partial charge in [-0.3, -0.25) is 14.7 Å². The van der Waals surface area contributed by atoms with Crippen molar-refractivity contribution in [3.05, 3.63) is 59.7 Å². The minimum Gasteiger partial charge on any atom is -0.444 e. The largest absolute Gasteiger partial charge is 0.444 e. The molecule has 0 fully saturated rings. The van der Waals surface area contributed by atoms with Gasteiger partial charge in [-0.25, -0.2) is 9.78 Å². The molecule has 1 aromatic carbocycles. The number of nitrogens with zero attached hydrogens (tertiary/aromatic N) is 3. The van der Waals surface area contributed by atoms with Crippen molar-refractivity contribution in [2.45, 2.75) is 32.9 Å². The molecule has 0 radical (unpaired) electrons. The highest BCUT2D eigenvalue weighted by Gasteiger charge is 2.24. The summed E-state index contributed by atoms with van der Waals surface area (Å²) in [4.78, 5) is 34.9. The van der Waals surface area contributed by atoms with Crippen LogP contribution in [0.25, 0.3) is 11.3 Å². The third kappa shape index (κ3) is 6.78. The fourth-order valence-corrected chi connectivity index (χ4v) is 3.31. The number of carbonyl (C=O) groups is 2. The van der Waals surface area contributed by atoms with Crippen LogP contribution in [0.2, 0.25) is 0 Å². The van der Waals surface area contributed by atoms with Crippen LogP contribution in [0.1, 0.15) is 26.3 Å². The highest BCUT2D eigenvalue weighted by molar-refractivity contribution is 7.13. The van der Waals surface area contributed by atoms with Crippen LogP contribution in [-0.4, -0.2) is 39.0 Å². The highest BCUT2D eigenvalue weighted by atomic mass is 32.1. The number of nitrogens with one attached hydrogen (secondary N) is 1. The second kappa shape index (κ2) is 9.57. The van der Waals surface area contributed by atoms with E-state index in [1.165, 1.54) is 16.2 Å². The second-order valence-corrected chi connectivity index (χ2v) is 8.78. The number of hydrogen-bond donors (Lipinski definition) is 2. The predicted octanol–water partition coefficient (Wildman–Crippen LogP) is 4.16. The number of nitrogen functional groups attached to an aromatic ring is 1. The zero-order valence-corrected chi connectivity index (χ0v) is 18.5. The van der Waals surface area contributed by atoms with Crippen LogP contribution >= 0.6 is 11.3 Å². The summed E-state index contributed by atoms with van der Waals surface area (Å²) in [7, 11) is 0. The number of nitrogens with two attached hydrogens (primary N) is 1. The minimum atomic E-state index is -0.668. The fourth-order valence-electron chi connectivity index (χ4n) is 2.74. The lowest BCUT2D eigenvalue weighted by atomic mass is 10.1. The topological polar surface area (TPSA) is 110 Å². The van der Waals surface area contributed by atoms with Crippen molar-refractivity contribution >= 4 is 34.2 Å². The average molecular weight is 440 g/mol. The maximum atomic E-state index is 12.6. The van der Waals surface area contributed by atoms with Gasteiger partial charge in [-0.1, -0.05) is 12.1 Å². The summed E-state index contributed by atoms with van der Waals surface area (Å²) in [6.45, 7) is 5.43. The van der Waals surface area contributed by atoms with Crippen molar-refractivity contribution in [3.8, 4) is 11.3 Å². The Bertz CT molecular complexity index is 1030. The van der Waals surface area contributed by atoms with E-state index in [9.17, 15) is 9.59 Å². The monoisotopic (exact) mass is 439 g/mol. The van der Waals surface area contributed by atoms with Crippen LogP contribution in [0.15, 0.2) is 54.2 Å². The maximum absolute atomic E-state index is 12.6. The van der Waals surface area contributed by atoms with E-state index in [1.54, 1.807) is 57.4 Å². The summed E-state index contributed by atoms with van der Waals surface area (Å²) in [6, 6.07) is 10.9. The van der Waals surface area contributed by atoms with E-state index in [1.807, 2.05) is 17.5 Å². The number of ether oxygens (including phenoxy) is 1. The summed E-state index contributed by atoms with van der Waals surface area (Å²) < 4.78 is 5.47. The first kappa shape index (κ1) is 22.2. The Morgan fingerprint density at radius 1 is 1.13 bits per heavy atom. The first-order valence-electron chi connectivity index (χ1n) is 9.68. The lowest BCUT2D eigenvalue weighted by molar-refractivity contribution is -0.117. The molecule has 8 nitrogen and oxygen atoms in total. The van der Waals surface area contributed by atoms with E-state index in [2.05, 4.69) is 15.3 Å². The lowest BCUT2D eigenvalue weighted by Gasteiger charge is -2.27. The van der Waals surface area contributed by atoms with Crippen molar-refractivity contribution in [2.24, 2.45) is 0 Å². The van der Waals surface area contributed by atoms with Crippen molar-refractivity contribution in [2.75, 3.05) is 17.6 Å². The van der Waals surface area contributed by atoms with Crippen LogP contribution in [0.3, 0.4) is 0 Å². The van der Waals surface area contributed by atoms with E-state index >= 15 is 0 Å². The summed E-state index contributed by atoms with van der Waals surface area (Å²) >= 11 is 1.37. The standard InChI is InChI=1S/C22H25N5O3S/c1-22(2,3)30-21(29)27(12-15-8-10-24-11-9-15)13-19(28)25-17-6-4-16(5-7-17)18-14-31-20(23)26-18/h4-11,14H,12-13H2,1-3H3,(H2,23,26)(H,25,28). The number of benzene rings is 1. The van der Waals surface area contributed by atoms with Gasteiger partial charge in [0.1, 0.15) is 12.1 Å². The van der Waals surface area contributed by atoms with Gasteiger partial charge in [0.25, 0.3) is 0 Å². The molecule has 0 aliphatic rings. The SMILES string of the molecule is CC(C)(C)OC(=O)N(CC(=O)Nc1ccc(-c2csc(N)n2)cc1)Cc1ccncc1. The van der Waals surface area contributed by atoms with E-state index in [4.69, 9.17) is 10.5 Å². The first-order valence-corrected chi connectivity index (χ1v) is 10.6. The molecule has 3 aromatic rings. The molecule has 2 aromatic heterocycles. The number of amides is 2. The van der Waals surface area contributed by atoms with Crippen LogP contribution in [0.5, 0.6) is 0 Å². The Balaban J connectivity index is 1.67. The van der Waals surface area contributed by atoms with Crippen molar-refractivity contribution < 1.29 is 14.3 Å². The zero-order valence-electron chi connectivity index (χ0n) is 17.7. The molecular formula is C22H25N5O3S. The fraction of sp³-hybridized carbons (Fsp3) is 0.273. The summed E-state index contributed by atoms with van der Waals surface area (Å²) in [5.74, 6) is -0.328. The van der Waals surface area contributed by atoms with Gasteiger partial charge in [-0.05, 0) is 50.6 Å². The molecule has 2 heterocycles. The van der Waals surface area contributed by atoms with Crippen LogP contribution in [-0.2, 0) is 16.1 Å². The van der Waals surface area contributed by atoms with Gasteiger partial charge < -0.3 is 15.8 Å². The van der Waals surface area contributed by atoms with E-state index in [0.29, 0.717) is 10.8 Å². The van der Waals surface area contributed by atoms with E-state index in [0.717, 1.165) is 16.8 Å². The molecule has 9 heteroatoms. The molecule has 0 saturated heterocycles. The van der Waals surface area contributed by atoms with Gasteiger partial charge in [-0.2, -0.15) is 0 Å². The van der Waals surface area contributed by atoms with Crippen molar-refractivity contribution in [1.29, 1.82) is 0 Å². The molecule has 0 bridgehead atoms. The summed E-state index contributed by atoms with van der Waals surface area (Å²) in [5, 5.41) is 5.20. The molecule has 0 aliphatic heterocycles. The number of carbonyl (C=O) groups excluding carboxylic acids is 2. The normalized spacial score (nSPS) is 11.1. The van der Waals surface area contributed by atoms with Crippen LogP contribution in [0.4, 0.5) is 15.6 Å². The number of anilines is 2. The predicted molar refractivity (Wildman–Crippen MR) is 121 cm³/mol. The maximum Gasteiger partial charge on any atom is 0.411 e. The third-order valence-corrected chi connectivity index (χ3v) is 4.77. The van der Waals surface area contributed by atoms with Gasteiger partial charge in [-0.15, -0.1) is 11.3 Å². The van der Waals surface area contributed by atoms with E-state index in [-0.39, 0.29) is 19.0 Å². The van der Waals surface area contributed by atoms with Crippen LogP contribution < -0.4 is 11.1 Å². The zero-order chi connectivity index (χ0) is 22.4. The number of hydrogen-bond acceptors (Lipinski definition) is 7. The summed E-state index contributed by atoms with van der Waals surface area (Å²) in [5.41, 5.74) is 8.16. The molecule has 31 heavy (non-hydrogen) atoms. The van der Waals surface area contributed by atoms with Gasteiger partial charge in [0.15, 0.2) is 5.13 Å². The molecule has 3 N–H and O–H groups in total. The lowest BCUT2D eigenvalue weighted by Crippen LogP contribution is -2.41. The van der Waals surface area contributed by atoms with Gasteiger partial charge in [0.05, 0.1) is 5.69 Å². The highest BCUT2D eigenvalue weighted by Crippen LogP contribution is 2.24. The van der Waals surface area contributed by atoms with Crippen molar-refractivity contribution in [3.63, 3.8) is 0 Å². The molecule has 0 aliphatic carbocycles. The number of pyridine rings is 1. The molecule has 3 rings (SSSR count). The number of rotatable bonds is 6. The molecule has 0 atom stereocenters. The minimum absolute atomic E-state index is 0.151. The van der Waals surface area contributed by atoms with E-state index < -0.39 is 11.7 Å². The second-order valence-electron chi connectivity index (χ2n) is 7.89. The molecular weight excluding hydrogens is 414 g/mol. The van der Waals surface area contributed by atoms with Gasteiger partial charge >= 0.3 is 6.09 Å². The van der Waals surface area contributed by atoms with Gasteiger partial charge in [0.2, 0.25) is 5.91 Å². The Hall–Kier alpha value is -3.46. The molecule has 162 valence electrons. The Morgan fingerprint density at radius 2 is 1.81 bits per heavy atom. The smallest absolute Gasteiger partial charge is 0.411 e. The summed E-state index contributed by atoms with van der Waals surface area (Å²) in [6.07, 6.45) is 2.72. The van der Waals surface area contributed by atoms with Crippen LogP contribution in [0, 0.1) is 0 Å². The molecule has 2 amide bonds. The first-order chi connectivity index (χ1) is 14.7. The number of aromatic nitrogens is 2. The Labute approximate surface area is 185 Å². The molecule has 0 spiro atoms.